The fourth-order valence-electron chi connectivity index (χ4n) is 3.07. The van der Waals surface area contributed by atoms with Crippen molar-refractivity contribution in [2.45, 2.75) is 30.8 Å². The number of hydrogen-bond acceptors (Lipinski definition) is 5. The predicted molar refractivity (Wildman–Crippen MR) is 89.2 cm³/mol. The molecule has 0 aliphatic carbocycles. The number of thioether (sulfide) groups is 1. The van der Waals surface area contributed by atoms with E-state index in [2.05, 4.69) is 4.98 Å². The van der Waals surface area contributed by atoms with Crippen molar-refractivity contribution in [2.24, 2.45) is 13.0 Å². The molecular weight excluding hydrogens is 328 g/mol. The van der Waals surface area contributed by atoms with Gasteiger partial charge in [0, 0.05) is 51.1 Å². The third-order valence-electron chi connectivity index (χ3n) is 4.64. The molecule has 2 fully saturated rings. The van der Waals surface area contributed by atoms with Crippen LogP contribution in [0.4, 0.5) is 0 Å². The minimum Gasteiger partial charge on any atom is -0.341 e. The first-order valence-corrected chi connectivity index (χ1v) is 9.24. The monoisotopic (exact) mass is 350 g/mol. The first-order valence-electron chi connectivity index (χ1n) is 8.25. The quantitative estimate of drug-likeness (QED) is 0.583. The molecule has 0 N–H and O–H groups in total. The van der Waals surface area contributed by atoms with E-state index in [0.29, 0.717) is 19.0 Å². The normalized spacial score (nSPS) is 19.4. The minimum absolute atomic E-state index is 0.0929. The van der Waals surface area contributed by atoms with Crippen LogP contribution in [0.15, 0.2) is 17.6 Å². The van der Waals surface area contributed by atoms with Gasteiger partial charge >= 0.3 is 0 Å². The van der Waals surface area contributed by atoms with Crippen molar-refractivity contribution in [3.05, 3.63) is 12.4 Å². The Morgan fingerprint density at radius 2 is 1.92 bits per heavy atom. The molecule has 0 bridgehead atoms. The maximum atomic E-state index is 12.3. The summed E-state index contributed by atoms with van der Waals surface area (Å²) in [6, 6.07) is 0. The zero-order valence-corrected chi connectivity index (χ0v) is 14.6. The number of aryl methyl sites for hydroxylation is 1. The zero-order valence-electron chi connectivity index (χ0n) is 13.8. The van der Waals surface area contributed by atoms with Crippen molar-refractivity contribution in [1.29, 1.82) is 0 Å². The molecule has 0 saturated carbocycles. The van der Waals surface area contributed by atoms with E-state index in [9.17, 15) is 14.4 Å². The fourth-order valence-corrected chi connectivity index (χ4v) is 4.18. The van der Waals surface area contributed by atoms with Crippen molar-refractivity contribution in [2.75, 3.05) is 25.4 Å². The Hall–Kier alpha value is -1.83. The number of likely N-dealkylation sites (tertiary alicyclic amines) is 2. The van der Waals surface area contributed by atoms with Crippen LogP contribution in [0.1, 0.15) is 25.7 Å². The van der Waals surface area contributed by atoms with Crippen LogP contribution in [-0.4, -0.2) is 62.5 Å². The first-order chi connectivity index (χ1) is 11.5. The number of imide groups is 1. The molecule has 2 aliphatic heterocycles. The third-order valence-corrected chi connectivity index (χ3v) is 5.93. The molecule has 0 aromatic carbocycles. The van der Waals surface area contributed by atoms with Crippen LogP contribution >= 0.6 is 11.8 Å². The number of aromatic nitrogens is 2. The van der Waals surface area contributed by atoms with E-state index >= 15 is 0 Å². The highest BCUT2D eigenvalue weighted by molar-refractivity contribution is 7.99. The zero-order chi connectivity index (χ0) is 17.1. The molecule has 0 spiro atoms. The summed E-state index contributed by atoms with van der Waals surface area (Å²) >= 11 is 1.75. The predicted octanol–water partition coefficient (Wildman–Crippen LogP) is 0.900. The van der Waals surface area contributed by atoms with E-state index in [1.807, 2.05) is 17.8 Å². The lowest BCUT2D eigenvalue weighted by molar-refractivity contribution is -0.146. The summed E-state index contributed by atoms with van der Waals surface area (Å²) in [5, 5.41) is 1.01. The lowest BCUT2D eigenvalue weighted by atomic mass is 9.99. The first kappa shape index (κ1) is 17.0. The molecule has 0 radical (unpaired) electrons. The van der Waals surface area contributed by atoms with Gasteiger partial charge in [0.2, 0.25) is 17.7 Å². The Morgan fingerprint density at radius 3 is 2.50 bits per heavy atom. The maximum absolute atomic E-state index is 12.3. The van der Waals surface area contributed by atoms with Crippen LogP contribution in [0.25, 0.3) is 0 Å². The molecule has 0 atom stereocenters. The van der Waals surface area contributed by atoms with Gasteiger partial charge in [0.05, 0.1) is 0 Å². The molecule has 3 amide bonds. The number of nitrogens with zero attached hydrogens (tertiary/aromatic N) is 4. The second-order valence-corrected chi connectivity index (χ2v) is 7.32. The van der Waals surface area contributed by atoms with Crippen LogP contribution < -0.4 is 0 Å². The van der Waals surface area contributed by atoms with Crippen LogP contribution in [0, 0.1) is 5.92 Å². The van der Waals surface area contributed by atoms with Gasteiger partial charge in [-0.2, -0.15) is 0 Å². The molecule has 1 aromatic heterocycles. The summed E-state index contributed by atoms with van der Waals surface area (Å²) in [5.74, 6) is 0.986. The second-order valence-electron chi connectivity index (χ2n) is 6.33. The Kier molecular flexibility index (Phi) is 5.23. The van der Waals surface area contributed by atoms with E-state index in [1.54, 1.807) is 22.9 Å². The van der Waals surface area contributed by atoms with E-state index in [1.165, 1.54) is 0 Å². The largest absolute Gasteiger partial charge is 0.341 e. The van der Waals surface area contributed by atoms with Crippen LogP contribution in [0.5, 0.6) is 0 Å². The Morgan fingerprint density at radius 1 is 1.25 bits per heavy atom. The van der Waals surface area contributed by atoms with E-state index in [0.717, 1.165) is 28.7 Å². The lowest BCUT2D eigenvalue weighted by Crippen LogP contribution is -2.45. The Labute approximate surface area is 145 Å². The average molecular weight is 350 g/mol. The minimum atomic E-state index is -0.227. The number of imidazole rings is 1. The van der Waals surface area contributed by atoms with Crippen molar-refractivity contribution >= 4 is 29.5 Å². The third kappa shape index (κ3) is 3.80. The molecule has 8 heteroatoms. The van der Waals surface area contributed by atoms with Crippen molar-refractivity contribution in [1.82, 2.24) is 19.4 Å². The van der Waals surface area contributed by atoms with Gasteiger partial charge in [0.1, 0.15) is 6.54 Å². The van der Waals surface area contributed by atoms with Gasteiger partial charge in [-0.05, 0) is 18.8 Å². The van der Waals surface area contributed by atoms with Crippen molar-refractivity contribution < 1.29 is 14.4 Å². The molecule has 7 nitrogen and oxygen atoms in total. The van der Waals surface area contributed by atoms with Gasteiger partial charge in [-0.15, -0.1) is 0 Å². The Bertz CT molecular complexity index is 621. The molecule has 1 aromatic rings. The number of carbonyl (C=O) groups is 3. The summed E-state index contributed by atoms with van der Waals surface area (Å²) in [4.78, 5) is 42.7. The van der Waals surface area contributed by atoms with Gasteiger partial charge in [0.25, 0.3) is 0 Å². The molecule has 130 valence electrons. The van der Waals surface area contributed by atoms with Gasteiger partial charge < -0.3 is 9.47 Å². The highest BCUT2D eigenvalue weighted by Gasteiger charge is 2.32. The molecule has 2 aliphatic rings. The summed E-state index contributed by atoms with van der Waals surface area (Å²) in [6.07, 6.45) is 6.10. The highest BCUT2D eigenvalue weighted by Crippen LogP contribution is 2.25. The molecule has 3 heterocycles. The number of rotatable bonds is 5. The summed E-state index contributed by atoms with van der Waals surface area (Å²) in [7, 11) is 1.98. The van der Waals surface area contributed by atoms with Crippen molar-refractivity contribution in [3.63, 3.8) is 0 Å². The highest BCUT2D eigenvalue weighted by atomic mass is 32.2. The van der Waals surface area contributed by atoms with E-state index in [4.69, 9.17) is 0 Å². The smallest absolute Gasteiger partial charge is 0.242 e. The molecule has 0 unspecified atom stereocenters. The second kappa shape index (κ2) is 7.38. The fraction of sp³-hybridized carbons (Fsp3) is 0.625. The van der Waals surface area contributed by atoms with Crippen LogP contribution in [-0.2, 0) is 21.4 Å². The number of amides is 3. The van der Waals surface area contributed by atoms with E-state index in [-0.39, 0.29) is 37.1 Å². The van der Waals surface area contributed by atoms with Gasteiger partial charge in [-0.1, -0.05) is 11.8 Å². The summed E-state index contributed by atoms with van der Waals surface area (Å²) in [6.45, 7) is 1.30. The standard InChI is InChI=1S/C16H22N4O3S/c1-18-9-6-17-16(18)24-11-12-4-7-19(8-5-12)15(23)10-20-13(21)2-3-14(20)22/h6,9,12H,2-5,7-8,10-11H2,1H3. The molecule has 2 saturated heterocycles. The molecule has 3 rings (SSSR count). The summed E-state index contributed by atoms with van der Waals surface area (Å²) in [5.41, 5.74) is 0. The Balaban J connectivity index is 1.43. The number of piperidine rings is 1. The number of carbonyl (C=O) groups excluding carboxylic acids is 3. The topological polar surface area (TPSA) is 75.5 Å². The number of hydrogen-bond donors (Lipinski definition) is 0. The van der Waals surface area contributed by atoms with Gasteiger partial charge in [-0.3, -0.25) is 19.3 Å². The SMILES string of the molecule is Cn1ccnc1SCC1CCN(C(=O)CN2C(=O)CCC2=O)CC1. The van der Waals surface area contributed by atoms with Crippen LogP contribution in [0.2, 0.25) is 0 Å². The van der Waals surface area contributed by atoms with Gasteiger partial charge in [-0.25, -0.2) is 4.98 Å². The summed E-state index contributed by atoms with van der Waals surface area (Å²) < 4.78 is 2.01. The van der Waals surface area contributed by atoms with Crippen LogP contribution in [0.3, 0.4) is 0 Å². The van der Waals surface area contributed by atoms with Crippen molar-refractivity contribution in [3.8, 4) is 0 Å². The van der Waals surface area contributed by atoms with E-state index < -0.39 is 0 Å². The molecular formula is C16H22N4O3S. The van der Waals surface area contributed by atoms with Gasteiger partial charge in [0.15, 0.2) is 5.16 Å². The lowest BCUT2D eigenvalue weighted by Gasteiger charge is -2.32. The average Bonchev–Trinajstić information content (AvgIpc) is 3.13. The maximum Gasteiger partial charge on any atom is 0.242 e. The molecule has 24 heavy (non-hydrogen) atoms.